The van der Waals surface area contributed by atoms with Crippen molar-refractivity contribution in [3.63, 3.8) is 0 Å². The fourth-order valence-corrected chi connectivity index (χ4v) is 2.43. The molecule has 0 saturated carbocycles. The van der Waals surface area contributed by atoms with E-state index in [1.807, 2.05) is 56.3 Å². The van der Waals surface area contributed by atoms with Gasteiger partial charge in [0.15, 0.2) is 11.6 Å². The van der Waals surface area contributed by atoms with Gasteiger partial charge in [-0.2, -0.15) is 4.68 Å². The van der Waals surface area contributed by atoms with E-state index < -0.39 is 6.10 Å². The molecular weight excluding hydrogens is 276 g/mol. The summed E-state index contributed by atoms with van der Waals surface area (Å²) in [4.78, 5) is 8.75. The Morgan fingerprint density at radius 2 is 1.86 bits per heavy atom. The molecule has 112 valence electrons. The van der Waals surface area contributed by atoms with Crippen LogP contribution in [0.15, 0.2) is 48.7 Å². The van der Waals surface area contributed by atoms with Crippen LogP contribution in [0.4, 0.5) is 0 Å². The van der Waals surface area contributed by atoms with Crippen LogP contribution in [0.1, 0.15) is 28.9 Å². The number of benzene rings is 1. The number of aryl methyl sites for hydroxylation is 2. The Bertz CT molecular complexity index is 767. The molecule has 0 radical (unpaired) electrons. The van der Waals surface area contributed by atoms with Gasteiger partial charge in [-0.15, -0.1) is 5.10 Å². The molecule has 5 nitrogen and oxygen atoms in total. The van der Waals surface area contributed by atoms with Gasteiger partial charge in [-0.3, -0.25) is 0 Å². The van der Waals surface area contributed by atoms with Crippen LogP contribution >= 0.6 is 0 Å². The monoisotopic (exact) mass is 294 g/mol. The second-order valence-corrected chi connectivity index (χ2v) is 5.28. The number of nitrogens with zero attached hydrogens (tertiary/aromatic N) is 4. The zero-order chi connectivity index (χ0) is 15.5. The van der Waals surface area contributed by atoms with Gasteiger partial charge in [0.2, 0.25) is 0 Å². The van der Waals surface area contributed by atoms with Gasteiger partial charge in [-0.1, -0.05) is 36.4 Å². The molecule has 0 aliphatic carbocycles. The zero-order valence-electron chi connectivity index (χ0n) is 12.6. The molecule has 0 saturated heterocycles. The first-order valence-corrected chi connectivity index (χ1v) is 7.22. The lowest BCUT2D eigenvalue weighted by molar-refractivity contribution is 0.165. The quantitative estimate of drug-likeness (QED) is 0.803. The lowest BCUT2D eigenvalue weighted by atomic mass is 10.1. The van der Waals surface area contributed by atoms with Crippen molar-refractivity contribution in [3.8, 4) is 5.82 Å². The SMILES string of the molecule is Cc1nc([C@@H](O)Cc2ccccc2)n(-c2ncccc2C)n1. The molecule has 1 atom stereocenters. The summed E-state index contributed by atoms with van der Waals surface area (Å²) < 4.78 is 1.64. The van der Waals surface area contributed by atoms with E-state index in [1.165, 1.54) is 0 Å². The summed E-state index contributed by atoms with van der Waals surface area (Å²) in [5.41, 5.74) is 2.04. The summed E-state index contributed by atoms with van der Waals surface area (Å²) in [7, 11) is 0. The third kappa shape index (κ3) is 2.89. The molecule has 0 aliphatic heterocycles. The maximum atomic E-state index is 10.6. The van der Waals surface area contributed by atoms with Gasteiger partial charge < -0.3 is 5.11 Å². The summed E-state index contributed by atoms with van der Waals surface area (Å²) >= 11 is 0. The van der Waals surface area contributed by atoms with Gasteiger partial charge in [-0.05, 0) is 31.0 Å². The van der Waals surface area contributed by atoms with E-state index in [9.17, 15) is 5.11 Å². The van der Waals surface area contributed by atoms with Crippen LogP contribution in [0.2, 0.25) is 0 Å². The van der Waals surface area contributed by atoms with Crippen LogP contribution in [-0.4, -0.2) is 24.9 Å². The number of hydrogen-bond donors (Lipinski definition) is 1. The Kier molecular flexibility index (Phi) is 3.98. The minimum absolute atomic E-state index is 0.491. The summed E-state index contributed by atoms with van der Waals surface area (Å²) in [5, 5.41) is 15.0. The summed E-state index contributed by atoms with van der Waals surface area (Å²) in [6, 6.07) is 13.7. The van der Waals surface area contributed by atoms with E-state index in [-0.39, 0.29) is 0 Å². The maximum Gasteiger partial charge on any atom is 0.163 e. The lowest BCUT2D eigenvalue weighted by Gasteiger charge is -2.12. The van der Waals surface area contributed by atoms with Gasteiger partial charge in [-0.25, -0.2) is 9.97 Å². The molecule has 0 spiro atoms. The van der Waals surface area contributed by atoms with Crippen LogP contribution in [0.3, 0.4) is 0 Å². The van der Waals surface area contributed by atoms with Crippen molar-refractivity contribution in [3.05, 3.63) is 71.4 Å². The van der Waals surface area contributed by atoms with E-state index in [0.29, 0.717) is 23.9 Å². The average molecular weight is 294 g/mol. The number of aliphatic hydroxyl groups is 1. The highest BCUT2D eigenvalue weighted by Crippen LogP contribution is 2.20. The second-order valence-electron chi connectivity index (χ2n) is 5.28. The molecule has 1 N–H and O–H groups in total. The molecule has 3 rings (SSSR count). The zero-order valence-corrected chi connectivity index (χ0v) is 12.6. The number of aliphatic hydroxyl groups excluding tert-OH is 1. The van der Waals surface area contributed by atoms with Crippen molar-refractivity contribution in [1.82, 2.24) is 19.7 Å². The average Bonchev–Trinajstić information content (AvgIpc) is 2.90. The van der Waals surface area contributed by atoms with E-state index in [0.717, 1.165) is 11.1 Å². The smallest absolute Gasteiger partial charge is 0.163 e. The molecule has 2 heterocycles. The molecule has 1 aromatic carbocycles. The Morgan fingerprint density at radius 3 is 2.59 bits per heavy atom. The topological polar surface area (TPSA) is 63.8 Å². The predicted molar refractivity (Wildman–Crippen MR) is 83.7 cm³/mol. The molecular formula is C17H18N4O. The van der Waals surface area contributed by atoms with Crippen molar-refractivity contribution in [2.24, 2.45) is 0 Å². The maximum absolute atomic E-state index is 10.6. The Balaban J connectivity index is 1.96. The van der Waals surface area contributed by atoms with Crippen molar-refractivity contribution in [2.45, 2.75) is 26.4 Å². The Morgan fingerprint density at radius 1 is 1.09 bits per heavy atom. The first kappa shape index (κ1) is 14.4. The minimum atomic E-state index is -0.731. The van der Waals surface area contributed by atoms with Gasteiger partial charge >= 0.3 is 0 Å². The van der Waals surface area contributed by atoms with Crippen LogP contribution in [0, 0.1) is 13.8 Å². The highest BCUT2D eigenvalue weighted by molar-refractivity contribution is 5.32. The number of aromatic nitrogens is 4. The molecule has 3 aromatic rings. The van der Waals surface area contributed by atoms with Crippen LogP contribution in [0.25, 0.3) is 5.82 Å². The molecule has 5 heteroatoms. The summed E-state index contributed by atoms with van der Waals surface area (Å²) in [5.74, 6) is 1.83. The first-order valence-electron chi connectivity index (χ1n) is 7.22. The fraction of sp³-hybridized carbons (Fsp3) is 0.235. The normalized spacial score (nSPS) is 12.3. The van der Waals surface area contributed by atoms with Crippen molar-refractivity contribution in [1.29, 1.82) is 0 Å². The largest absolute Gasteiger partial charge is 0.385 e. The van der Waals surface area contributed by atoms with E-state index in [4.69, 9.17) is 0 Å². The highest BCUT2D eigenvalue weighted by Gasteiger charge is 2.19. The number of pyridine rings is 1. The van der Waals surface area contributed by atoms with Gasteiger partial charge in [0.25, 0.3) is 0 Å². The third-order valence-electron chi connectivity index (χ3n) is 3.49. The number of rotatable bonds is 4. The van der Waals surface area contributed by atoms with E-state index in [2.05, 4.69) is 15.1 Å². The number of hydrogen-bond acceptors (Lipinski definition) is 4. The minimum Gasteiger partial charge on any atom is -0.385 e. The van der Waals surface area contributed by atoms with Crippen LogP contribution < -0.4 is 0 Å². The second kappa shape index (κ2) is 6.07. The van der Waals surface area contributed by atoms with Gasteiger partial charge in [0, 0.05) is 12.6 Å². The molecule has 0 fully saturated rings. The van der Waals surface area contributed by atoms with Crippen molar-refractivity contribution in [2.75, 3.05) is 0 Å². The highest BCUT2D eigenvalue weighted by atomic mass is 16.3. The summed E-state index contributed by atoms with van der Waals surface area (Å²) in [6.45, 7) is 3.78. The van der Waals surface area contributed by atoms with Gasteiger partial charge in [0.1, 0.15) is 11.9 Å². The molecule has 0 unspecified atom stereocenters. The van der Waals surface area contributed by atoms with Gasteiger partial charge in [0.05, 0.1) is 0 Å². The van der Waals surface area contributed by atoms with Crippen molar-refractivity contribution < 1.29 is 5.11 Å². The molecule has 0 bridgehead atoms. The first-order chi connectivity index (χ1) is 10.6. The van der Waals surface area contributed by atoms with Crippen LogP contribution in [0.5, 0.6) is 0 Å². The van der Waals surface area contributed by atoms with E-state index in [1.54, 1.807) is 10.9 Å². The molecule has 0 aliphatic rings. The standard InChI is InChI=1S/C17H18N4O/c1-12-7-6-10-18-16(12)21-17(19-13(2)20-21)15(22)11-14-8-4-3-5-9-14/h3-10,15,22H,11H2,1-2H3/t15-/m0/s1. The molecule has 0 amide bonds. The predicted octanol–water partition coefficient (Wildman–Crippen LogP) is 2.56. The van der Waals surface area contributed by atoms with Crippen molar-refractivity contribution >= 4 is 0 Å². The molecule has 22 heavy (non-hydrogen) atoms. The molecule has 2 aromatic heterocycles. The van der Waals surface area contributed by atoms with E-state index >= 15 is 0 Å². The third-order valence-corrected chi connectivity index (χ3v) is 3.49. The lowest BCUT2D eigenvalue weighted by Crippen LogP contribution is -2.13. The fourth-order valence-electron chi connectivity index (χ4n) is 2.43. The van der Waals surface area contributed by atoms with Crippen LogP contribution in [-0.2, 0) is 6.42 Å². The Labute approximate surface area is 129 Å². The Hall–Kier alpha value is -2.53. The summed E-state index contributed by atoms with van der Waals surface area (Å²) in [6.07, 6.45) is 1.47.